The van der Waals surface area contributed by atoms with Gasteiger partial charge in [-0.05, 0) is 17.7 Å². The van der Waals surface area contributed by atoms with Crippen LogP contribution in [0.1, 0.15) is 5.56 Å². The van der Waals surface area contributed by atoms with Crippen LogP contribution >= 0.6 is 11.6 Å². The van der Waals surface area contributed by atoms with E-state index in [9.17, 15) is 5.11 Å². The Balaban J connectivity index is 2.81. The van der Waals surface area contributed by atoms with Gasteiger partial charge in [-0.2, -0.15) is 0 Å². The Hall–Kier alpha value is -1.12. The second-order valence-corrected chi connectivity index (χ2v) is 3.15. The minimum Gasteiger partial charge on any atom is -0.236 e. The van der Waals surface area contributed by atoms with Gasteiger partial charge < -0.3 is 0 Å². The Labute approximate surface area is 80.8 Å². The number of fused-ring (bicyclic) bond motifs is 1. The van der Waals surface area contributed by atoms with Gasteiger partial charge in [0, 0.05) is 5.39 Å². The molecule has 1 aromatic carbocycles. The molecular weight excluding hydrogens is 186 g/mol. The smallest absolute Gasteiger partial charge is 0.130 e. The molecule has 0 amide bonds. The third-order valence-corrected chi connectivity index (χ3v) is 2.12. The fraction of sp³-hybridized carbons (Fsp3) is 0.100. The van der Waals surface area contributed by atoms with Crippen LogP contribution in [0.15, 0.2) is 30.3 Å². The van der Waals surface area contributed by atoms with Gasteiger partial charge in [-0.25, -0.2) is 10.1 Å². The fourth-order valence-electron chi connectivity index (χ4n) is 1.33. The average molecular weight is 193 g/mol. The van der Waals surface area contributed by atoms with E-state index in [1.54, 1.807) is 6.07 Å². The molecule has 0 N–H and O–H groups in total. The largest absolute Gasteiger partial charge is 0.236 e. The van der Waals surface area contributed by atoms with E-state index < -0.39 is 0 Å². The summed E-state index contributed by atoms with van der Waals surface area (Å²) in [6.45, 7) is -0.261. The number of nitrogens with zero attached hydrogens (tertiary/aromatic N) is 1. The highest BCUT2D eigenvalue weighted by Crippen LogP contribution is 2.20. The molecule has 1 aromatic heterocycles. The summed E-state index contributed by atoms with van der Waals surface area (Å²) in [7, 11) is 0. The molecule has 1 heterocycles. The zero-order chi connectivity index (χ0) is 9.26. The van der Waals surface area contributed by atoms with Gasteiger partial charge in [0.15, 0.2) is 0 Å². The standard InChI is InChI=1S/C10H7ClNO/c11-10-5-7(6-13)8-3-1-2-4-9(8)12-10/h1-5H,6H2. The van der Waals surface area contributed by atoms with Crippen LogP contribution in [0, 0.1) is 0 Å². The number of pyridine rings is 1. The number of hydrogen-bond acceptors (Lipinski definition) is 1. The van der Waals surface area contributed by atoms with Crippen LogP contribution < -0.4 is 0 Å². The van der Waals surface area contributed by atoms with Gasteiger partial charge in [0.05, 0.1) is 5.52 Å². The van der Waals surface area contributed by atoms with Gasteiger partial charge in [-0.15, -0.1) is 0 Å². The van der Waals surface area contributed by atoms with Crippen molar-refractivity contribution in [2.45, 2.75) is 6.61 Å². The van der Waals surface area contributed by atoms with E-state index >= 15 is 0 Å². The van der Waals surface area contributed by atoms with Crippen LogP contribution in [0.3, 0.4) is 0 Å². The summed E-state index contributed by atoms with van der Waals surface area (Å²) in [5, 5.41) is 12.1. The van der Waals surface area contributed by atoms with Crippen LogP contribution in [0.2, 0.25) is 5.15 Å². The molecule has 2 aromatic rings. The van der Waals surface area contributed by atoms with Gasteiger partial charge in [-0.1, -0.05) is 29.8 Å². The first-order valence-corrected chi connectivity index (χ1v) is 4.31. The second-order valence-electron chi connectivity index (χ2n) is 2.77. The topological polar surface area (TPSA) is 32.8 Å². The van der Waals surface area contributed by atoms with Gasteiger partial charge >= 0.3 is 0 Å². The SMILES string of the molecule is [O]Cc1cc(Cl)nc2ccccc12. The van der Waals surface area contributed by atoms with Crippen molar-refractivity contribution in [2.24, 2.45) is 0 Å². The maximum absolute atomic E-state index is 10.8. The second kappa shape index (κ2) is 3.32. The lowest BCUT2D eigenvalue weighted by atomic mass is 10.1. The van der Waals surface area contributed by atoms with Crippen LogP contribution in [-0.4, -0.2) is 4.98 Å². The van der Waals surface area contributed by atoms with Crippen molar-refractivity contribution in [3.63, 3.8) is 0 Å². The highest BCUT2D eigenvalue weighted by Gasteiger charge is 2.02. The minimum absolute atomic E-state index is 0.261. The summed E-state index contributed by atoms with van der Waals surface area (Å²) in [6, 6.07) is 9.11. The molecule has 0 bridgehead atoms. The molecule has 13 heavy (non-hydrogen) atoms. The summed E-state index contributed by atoms with van der Waals surface area (Å²) < 4.78 is 0. The number of para-hydroxylation sites is 1. The van der Waals surface area contributed by atoms with E-state index in [4.69, 9.17) is 11.6 Å². The summed E-state index contributed by atoms with van der Waals surface area (Å²) in [5.41, 5.74) is 1.48. The zero-order valence-electron chi connectivity index (χ0n) is 6.83. The Bertz CT molecular complexity index is 442. The summed E-state index contributed by atoms with van der Waals surface area (Å²) in [4.78, 5) is 4.11. The lowest BCUT2D eigenvalue weighted by Gasteiger charge is -2.02. The van der Waals surface area contributed by atoms with Crippen molar-refractivity contribution < 1.29 is 5.11 Å². The molecule has 0 atom stereocenters. The van der Waals surface area contributed by atoms with Crippen molar-refractivity contribution in [1.82, 2.24) is 4.98 Å². The van der Waals surface area contributed by atoms with Crippen molar-refractivity contribution >= 4 is 22.5 Å². The molecule has 65 valence electrons. The molecule has 0 saturated heterocycles. The van der Waals surface area contributed by atoms with Crippen molar-refractivity contribution in [2.75, 3.05) is 0 Å². The van der Waals surface area contributed by atoms with E-state index in [2.05, 4.69) is 4.98 Å². The lowest BCUT2D eigenvalue weighted by Crippen LogP contribution is -1.88. The molecule has 3 heteroatoms. The molecule has 1 radical (unpaired) electrons. The quantitative estimate of drug-likeness (QED) is 0.640. The molecule has 2 nitrogen and oxygen atoms in total. The van der Waals surface area contributed by atoms with Crippen LogP contribution in [-0.2, 0) is 11.7 Å². The number of rotatable bonds is 1. The van der Waals surface area contributed by atoms with E-state index in [0.717, 1.165) is 10.9 Å². The van der Waals surface area contributed by atoms with Gasteiger partial charge in [0.25, 0.3) is 0 Å². The van der Waals surface area contributed by atoms with E-state index in [1.807, 2.05) is 24.3 Å². The average Bonchev–Trinajstić information content (AvgIpc) is 2.16. The minimum atomic E-state index is -0.261. The predicted molar refractivity (Wildman–Crippen MR) is 51.1 cm³/mol. The third kappa shape index (κ3) is 1.50. The number of aromatic nitrogens is 1. The normalized spacial score (nSPS) is 10.6. The van der Waals surface area contributed by atoms with Gasteiger partial charge in [0.1, 0.15) is 11.8 Å². The molecule has 0 fully saturated rings. The molecule has 0 unspecified atom stereocenters. The molecule has 2 rings (SSSR count). The van der Waals surface area contributed by atoms with Crippen LogP contribution in [0.4, 0.5) is 0 Å². The number of hydrogen-bond donors (Lipinski definition) is 0. The molecule has 0 spiro atoms. The molecule has 0 aliphatic carbocycles. The van der Waals surface area contributed by atoms with Crippen LogP contribution in [0.25, 0.3) is 10.9 Å². The Kier molecular flexibility index (Phi) is 2.17. The zero-order valence-corrected chi connectivity index (χ0v) is 7.58. The monoisotopic (exact) mass is 192 g/mol. The fourth-order valence-corrected chi connectivity index (χ4v) is 1.55. The first-order chi connectivity index (χ1) is 6.31. The number of halogens is 1. The molecule has 0 saturated carbocycles. The van der Waals surface area contributed by atoms with E-state index in [0.29, 0.717) is 10.7 Å². The third-order valence-electron chi connectivity index (χ3n) is 1.93. The Morgan fingerprint density at radius 3 is 2.85 bits per heavy atom. The Morgan fingerprint density at radius 1 is 1.31 bits per heavy atom. The molecular formula is C10H7ClNO. The maximum atomic E-state index is 10.8. The van der Waals surface area contributed by atoms with Crippen molar-refractivity contribution in [1.29, 1.82) is 0 Å². The van der Waals surface area contributed by atoms with Gasteiger partial charge in [-0.3, -0.25) is 0 Å². The highest BCUT2D eigenvalue weighted by molar-refractivity contribution is 6.29. The molecule has 0 aliphatic rings. The summed E-state index contributed by atoms with van der Waals surface area (Å²) >= 11 is 5.75. The molecule has 0 aliphatic heterocycles. The van der Waals surface area contributed by atoms with Crippen molar-refractivity contribution in [3.8, 4) is 0 Å². The highest BCUT2D eigenvalue weighted by atomic mass is 35.5. The maximum Gasteiger partial charge on any atom is 0.130 e. The first kappa shape index (κ1) is 8.48. The summed E-state index contributed by atoms with van der Waals surface area (Å²) in [6.07, 6.45) is 0. The van der Waals surface area contributed by atoms with Crippen LogP contribution in [0.5, 0.6) is 0 Å². The lowest BCUT2D eigenvalue weighted by molar-refractivity contribution is 0.179. The predicted octanol–water partition coefficient (Wildman–Crippen LogP) is 2.82. The Morgan fingerprint density at radius 2 is 2.08 bits per heavy atom. The van der Waals surface area contributed by atoms with E-state index in [1.165, 1.54) is 0 Å². The van der Waals surface area contributed by atoms with Gasteiger partial charge in [0.2, 0.25) is 0 Å². The summed E-state index contributed by atoms with van der Waals surface area (Å²) in [5.74, 6) is 0. The number of benzene rings is 1. The first-order valence-electron chi connectivity index (χ1n) is 3.93. The van der Waals surface area contributed by atoms with Crippen molar-refractivity contribution in [3.05, 3.63) is 41.0 Å². The van der Waals surface area contributed by atoms with E-state index in [-0.39, 0.29) is 6.61 Å².